The molecule has 3 heteroatoms. The molecule has 84 valence electrons. The van der Waals surface area contributed by atoms with E-state index in [4.69, 9.17) is 0 Å². The van der Waals surface area contributed by atoms with E-state index in [9.17, 15) is 0 Å². The molecule has 0 aromatic carbocycles. The van der Waals surface area contributed by atoms with Crippen LogP contribution in [0.15, 0.2) is 0 Å². The van der Waals surface area contributed by atoms with Gasteiger partial charge in [-0.2, -0.15) is 11.8 Å². The molecule has 0 radical (unpaired) electrons. The topological polar surface area (TPSA) is 15.3 Å². The number of hydrogen-bond acceptors (Lipinski definition) is 3. The van der Waals surface area contributed by atoms with Crippen LogP contribution in [0.4, 0.5) is 0 Å². The molecule has 1 aliphatic heterocycles. The van der Waals surface area contributed by atoms with Crippen molar-refractivity contribution >= 4 is 11.8 Å². The molecule has 1 rings (SSSR count). The second kappa shape index (κ2) is 7.55. The first-order valence-corrected chi connectivity index (χ1v) is 6.95. The normalized spacial score (nSPS) is 19.1. The monoisotopic (exact) mass is 216 g/mol. The van der Waals surface area contributed by atoms with E-state index in [0.717, 1.165) is 12.5 Å². The third-order valence-corrected chi connectivity index (χ3v) is 3.55. The average Bonchev–Trinajstić information content (AvgIpc) is 2.18. The van der Waals surface area contributed by atoms with Gasteiger partial charge in [-0.05, 0) is 18.9 Å². The molecule has 0 aliphatic carbocycles. The van der Waals surface area contributed by atoms with E-state index in [1.807, 2.05) is 0 Å². The summed E-state index contributed by atoms with van der Waals surface area (Å²) in [7, 11) is 0. The Balaban J connectivity index is 1.87. The zero-order valence-corrected chi connectivity index (χ0v) is 10.4. The third kappa shape index (κ3) is 5.89. The van der Waals surface area contributed by atoms with Crippen molar-refractivity contribution in [2.45, 2.75) is 20.3 Å². The van der Waals surface area contributed by atoms with Crippen molar-refractivity contribution in [3.05, 3.63) is 0 Å². The molecule has 1 N–H and O–H groups in total. The average molecular weight is 216 g/mol. The Morgan fingerprint density at radius 3 is 2.57 bits per heavy atom. The summed E-state index contributed by atoms with van der Waals surface area (Å²) < 4.78 is 0. The SMILES string of the molecule is CC(C)CCNCCN1CCSCC1. The van der Waals surface area contributed by atoms with Gasteiger partial charge >= 0.3 is 0 Å². The van der Waals surface area contributed by atoms with Gasteiger partial charge in [0.05, 0.1) is 0 Å². The van der Waals surface area contributed by atoms with Crippen molar-refractivity contribution in [2.75, 3.05) is 44.2 Å². The molecule has 0 atom stereocenters. The lowest BCUT2D eigenvalue weighted by Gasteiger charge is -2.26. The molecule has 0 aromatic rings. The maximum absolute atomic E-state index is 3.52. The standard InChI is InChI=1S/C11H24N2S/c1-11(2)3-4-12-5-6-13-7-9-14-10-8-13/h11-12H,3-10H2,1-2H3. The predicted octanol–water partition coefficient (Wildman–Crippen LogP) is 1.67. The fraction of sp³-hybridized carbons (Fsp3) is 1.00. The van der Waals surface area contributed by atoms with Crippen LogP contribution < -0.4 is 5.32 Å². The van der Waals surface area contributed by atoms with Crippen molar-refractivity contribution in [1.82, 2.24) is 10.2 Å². The molecule has 1 heterocycles. The lowest BCUT2D eigenvalue weighted by molar-refractivity contribution is 0.300. The van der Waals surface area contributed by atoms with Gasteiger partial charge < -0.3 is 10.2 Å². The van der Waals surface area contributed by atoms with Crippen LogP contribution in [0.1, 0.15) is 20.3 Å². The van der Waals surface area contributed by atoms with Gasteiger partial charge in [0.1, 0.15) is 0 Å². The number of hydrogen-bond donors (Lipinski definition) is 1. The van der Waals surface area contributed by atoms with Crippen LogP contribution in [0.3, 0.4) is 0 Å². The highest BCUT2D eigenvalue weighted by atomic mass is 32.2. The minimum Gasteiger partial charge on any atom is -0.315 e. The van der Waals surface area contributed by atoms with Gasteiger partial charge in [0.25, 0.3) is 0 Å². The van der Waals surface area contributed by atoms with Crippen LogP contribution >= 0.6 is 11.8 Å². The molecule has 0 saturated carbocycles. The summed E-state index contributed by atoms with van der Waals surface area (Å²) in [6.07, 6.45) is 1.30. The van der Waals surface area contributed by atoms with Gasteiger partial charge in [0.2, 0.25) is 0 Å². The summed E-state index contributed by atoms with van der Waals surface area (Å²) in [6, 6.07) is 0. The Morgan fingerprint density at radius 1 is 1.21 bits per heavy atom. The van der Waals surface area contributed by atoms with Gasteiger partial charge in [-0.25, -0.2) is 0 Å². The second-order valence-corrected chi connectivity index (χ2v) is 5.61. The summed E-state index contributed by atoms with van der Waals surface area (Å²) in [5.74, 6) is 3.48. The quantitative estimate of drug-likeness (QED) is 0.680. The first-order valence-electron chi connectivity index (χ1n) is 5.80. The largest absolute Gasteiger partial charge is 0.315 e. The highest BCUT2D eigenvalue weighted by Crippen LogP contribution is 2.07. The highest BCUT2D eigenvalue weighted by Gasteiger charge is 2.08. The van der Waals surface area contributed by atoms with Gasteiger partial charge in [-0.3, -0.25) is 0 Å². The predicted molar refractivity (Wildman–Crippen MR) is 66.1 cm³/mol. The number of nitrogens with one attached hydrogen (secondary N) is 1. The molecular weight excluding hydrogens is 192 g/mol. The second-order valence-electron chi connectivity index (χ2n) is 4.39. The summed E-state index contributed by atoms with van der Waals surface area (Å²) >= 11 is 2.08. The lowest BCUT2D eigenvalue weighted by Crippen LogP contribution is -2.38. The molecule has 1 saturated heterocycles. The van der Waals surface area contributed by atoms with Crippen molar-refractivity contribution in [3.8, 4) is 0 Å². The van der Waals surface area contributed by atoms with Crippen molar-refractivity contribution < 1.29 is 0 Å². The summed E-state index contributed by atoms with van der Waals surface area (Å²) in [6.45, 7) is 10.7. The van der Waals surface area contributed by atoms with Gasteiger partial charge in [-0.1, -0.05) is 13.8 Å². The lowest BCUT2D eigenvalue weighted by atomic mass is 10.1. The van der Waals surface area contributed by atoms with Crippen LogP contribution in [-0.4, -0.2) is 49.1 Å². The number of nitrogens with zero attached hydrogens (tertiary/aromatic N) is 1. The van der Waals surface area contributed by atoms with Crippen LogP contribution in [0.2, 0.25) is 0 Å². The first kappa shape index (κ1) is 12.3. The van der Waals surface area contributed by atoms with Gasteiger partial charge in [0.15, 0.2) is 0 Å². The maximum atomic E-state index is 3.52. The minimum absolute atomic E-state index is 0.828. The zero-order chi connectivity index (χ0) is 10.2. The molecule has 1 aliphatic rings. The van der Waals surface area contributed by atoms with Crippen molar-refractivity contribution in [1.29, 1.82) is 0 Å². The molecular formula is C11H24N2S. The smallest absolute Gasteiger partial charge is 0.0107 e. The Hall–Kier alpha value is 0.270. The van der Waals surface area contributed by atoms with Gasteiger partial charge in [-0.15, -0.1) is 0 Å². The van der Waals surface area contributed by atoms with E-state index in [2.05, 4.69) is 35.8 Å². The fourth-order valence-electron chi connectivity index (χ4n) is 1.58. The molecule has 0 unspecified atom stereocenters. The molecule has 0 bridgehead atoms. The fourth-order valence-corrected chi connectivity index (χ4v) is 2.56. The van der Waals surface area contributed by atoms with E-state index in [-0.39, 0.29) is 0 Å². The number of thioether (sulfide) groups is 1. The third-order valence-electron chi connectivity index (χ3n) is 2.61. The van der Waals surface area contributed by atoms with E-state index in [0.29, 0.717) is 0 Å². The molecule has 14 heavy (non-hydrogen) atoms. The van der Waals surface area contributed by atoms with Crippen LogP contribution in [0.25, 0.3) is 0 Å². The number of rotatable bonds is 6. The Bertz CT molecular complexity index is 133. The van der Waals surface area contributed by atoms with E-state index in [1.165, 1.54) is 44.1 Å². The molecule has 2 nitrogen and oxygen atoms in total. The zero-order valence-electron chi connectivity index (χ0n) is 9.59. The maximum Gasteiger partial charge on any atom is 0.0107 e. The molecule has 0 aromatic heterocycles. The molecule has 0 spiro atoms. The Labute approximate surface area is 92.8 Å². The summed E-state index contributed by atoms with van der Waals surface area (Å²) in [4.78, 5) is 2.57. The van der Waals surface area contributed by atoms with Crippen molar-refractivity contribution in [2.24, 2.45) is 5.92 Å². The first-order chi connectivity index (χ1) is 6.79. The van der Waals surface area contributed by atoms with E-state index >= 15 is 0 Å². The molecule has 1 fully saturated rings. The summed E-state index contributed by atoms with van der Waals surface area (Å²) in [5, 5.41) is 3.52. The Morgan fingerprint density at radius 2 is 1.93 bits per heavy atom. The van der Waals surface area contributed by atoms with Crippen LogP contribution in [-0.2, 0) is 0 Å². The van der Waals surface area contributed by atoms with Gasteiger partial charge in [0, 0.05) is 37.7 Å². The van der Waals surface area contributed by atoms with Crippen LogP contribution in [0, 0.1) is 5.92 Å². The minimum atomic E-state index is 0.828. The van der Waals surface area contributed by atoms with Crippen molar-refractivity contribution in [3.63, 3.8) is 0 Å². The summed E-state index contributed by atoms with van der Waals surface area (Å²) in [5.41, 5.74) is 0. The Kier molecular flexibility index (Phi) is 6.65. The van der Waals surface area contributed by atoms with Crippen LogP contribution in [0.5, 0.6) is 0 Å². The van der Waals surface area contributed by atoms with E-state index in [1.54, 1.807) is 0 Å². The molecule has 0 amide bonds. The van der Waals surface area contributed by atoms with E-state index < -0.39 is 0 Å². The highest BCUT2D eigenvalue weighted by molar-refractivity contribution is 7.99.